The molecule has 19 heavy (non-hydrogen) atoms. The highest BCUT2D eigenvalue weighted by molar-refractivity contribution is 5.59. The van der Waals surface area contributed by atoms with Crippen LogP contribution in [0.15, 0.2) is 12.1 Å². The molecule has 1 aromatic rings. The van der Waals surface area contributed by atoms with Crippen molar-refractivity contribution in [3.8, 4) is 5.75 Å². The molecule has 2 rings (SSSR count). The van der Waals surface area contributed by atoms with Gasteiger partial charge in [0.05, 0.1) is 7.11 Å². The number of likely N-dealkylation sites (tertiary alicyclic amines) is 1. The van der Waals surface area contributed by atoms with E-state index in [-0.39, 0.29) is 0 Å². The number of benzene rings is 1. The van der Waals surface area contributed by atoms with Crippen molar-refractivity contribution in [2.45, 2.75) is 26.7 Å². The summed E-state index contributed by atoms with van der Waals surface area (Å²) in [5.41, 5.74) is 3.62. The van der Waals surface area contributed by atoms with Crippen LogP contribution in [0.25, 0.3) is 0 Å². The minimum atomic E-state index is 0.755. The number of rotatable bonds is 4. The molecule has 1 aliphatic heterocycles. The van der Waals surface area contributed by atoms with Crippen molar-refractivity contribution in [1.82, 2.24) is 4.90 Å². The average Bonchev–Trinajstić information content (AvgIpc) is 2.38. The first-order valence-corrected chi connectivity index (χ1v) is 7.18. The Hall–Kier alpha value is -1.22. The van der Waals surface area contributed by atoms with Crippen LogP contribution >= 0.6 is 0 Å². The molecular weight excluding hydrogens is 236 g/mol. The number of methoxy groups -OCH3 is 1. The minimum Gasteiger partial charge on any atom is -0.496 e. The fourth-order valence-electron chi connectivity index (χ4n) is 3.03. The first-order chi connectivity index (χ1) is 9.11. The van der Waals surface area contributed by atoms with Crippen LogP contribution in [0.4, 0.5) is 5.69 Å². The summed E-state index contributed by atoms with van der Waals surface area (Å²) >= 11 is 0. The van der Waals surface area contributed by atoms with E-state index in [4.69, 9.17) is 4.74 Å². The molecule has 1 heterocycles. The van der Waals surface area contributed by atoms with Gasteiger partial charge < -0.3 is 15.0 Å². The molecule has 0 amide bonds. The molecule has 0 radical (unpaired) electrons. The summed E-state index contributed by atoms with van der Waals surface area (Å²) in [5, 5.41) is 3.60. The minimum absolute atomic E-state index is 0.755. The Balaban J connectivity index is 1.99. The maximum absolute atomic E-state index is 5.48. The molecule has 0 aromatic heterocycles. The number of ether oxygens (including phenoxy) is 1. The lowest BCUT2D eigenvalue weighted by molar-refractivity contribution is 0.217. The standard InChI is InChI=1S/C16H26N2O/c1-12-7-8-15(13(2)16(12)19-4)17-10-14-6-5-9-18(3)11-14/h7-8,14,17H,5-6,9-11H2,1-4H3. The molecule has 1 N–H and O–H groups in total. The SMILES string of the molecule is COc1c(C)ccc(NCC2CCCN(C)C2)c1C. The van der Waals surface area contributed by atoms with Gasteiger partial charge in [-0.25, -0.2) is 0 Å². The van der Waals surface area contributed by atoms with Gasteiger partial charge in [-0.15, -0.1) is 0 Å². The Morgan fingerprint density at radius 2 is 2.16 bits per heavy atom. The van der Waals surface area contributed by atoms with E-state index in [1.807, 2.05) is 0 Å². The van der Waals surface area contributed by atoms with E-state index in [1.165, 1.54) is 42.7 Å². The predicted octanol–water partition coefficient (Wildman–Crippen LogP) is 3.07. The van der Waals surface area contributed by atoms with Crippen molar-refractivity contribution in [2.75, 3.05) is 39.1 Å². The van der Waals surface area contributed by atoms with Crippen LogP contribution in [0.2, 0.25) is 0 Å². The Labute approximate surface area is 116 Å². The van der Waals surface area contributed by atoms with E-state index in [0.717, 1.165) is 18.2 Å². The zero-order valence-corrected chi connectivity index (χ0v) is 12.6. The summed E-state index contributed by atoms with van der Waals surface area (Å²) in [6.07, 6.45) is 2.65. The van der Waals surface area contributed by atoms with Gasteiger partial charge in [-0.05, 0) is 57.8 Å². The highest BCUT2D eigenvalue weighted by atomic mass is 16.5. The zero-order chi connectivity index (χ0) is 13.8. The van der Waals surface area contributed by atoms with Gasteiger partial charge in [0.1, 0.15) is 5.75 Å². The fraction of sp³-hybridized carbons (Fsp3) is 0.625. The summed E-state index contributed by atoms with van der Waals surface area (Å²) in [4.78, 5) is 2.43. The molecule has 1 saturated heterocycles. The molecule has 1 atom stereocenters. The molecule has 0 spiro atoms. The molecule has 3 nitrogen and oxygen atoms in total. The molecule has 106 valence electrons. The molecule has 0 aliphatic carbocycles. The van der Waals surface area contributed by atoms with Crippen LogP contribution in [-0.4, -0.2) is 38.7 Å². The van der Waals surface area contributed by atoms with Crippen molar-refractivity contribution < 1.29 is 4.74 Å². The van der Waals surface area contributed by atoms with E-state index >= 15 is 0 Å². The van der Waals surface area contributed by atoms with Crippen LogP contribution in [0.3, 0.4) is 0 Å². The van der Waals surface area contributed by atoms with Gasteiger partial charge in [0.25, 0.3) is 0 Å². The lowest BCUT2D eigenvalue weighted by Crippen LogP contribution is -2.35. The molecule has 1 unspecified atom stereocenters. The maximum Gasteiger partial charge on any atom is 0.126 e. The Kier molecular flexibility index (Phi) is 4.70. The third-order valence-electron chi connectivity index (χ3n) is 4.11. The Morgan fingerprint density at radius 1 is 1.37 bits per heavy atom. The number of hydrogen-bond donors (Lipinski definition) is 1. The molecule has 3 heteroatoms. The van der Waals surface area contributed by atoms with Crippen molar-refractivity contribution in [3.05, 3.63) is 23.3 Å². The van der Waals surface area contributed by atoms with Gasteiger partial charge in [-0.2, -0.15) is 0 Å². The third kappa shape index (κ3) is 3.41. The van der Waals surface area contributed by atoms with Gasteiger partial charge in [0.15, 0.2) is 0 Å². The van der Waals surface area contributed by atoms with E-state index < -0.39 is 0 Å². The quantitative estimate of drug-likeness (QED) is 0.902. The second-order valence-corrected chi connectivity index (χ2v) is 5.74. The van der Waals surface area contributed by atoms with Gasteiger partial charge in [0, 0.05) is 24.3 Å². The monoisotopic (exact) mass is 262 g/mol. The topological polar surface area (TPSA) is 24.5 Å². The molecular formula is C16H26N2O. The molecule has 1 aromatic carbocycles. The van der Waals surface area contributed by atoms with Gasteiger partial charge >= 0.3 is 0 Å². The zero-order valence-electron chi connectivity index (χ0n) is 12.6. The van der Waals surface area contributed by atoms with Crippen LogP contribution in [-0.2, 0) is 0 Å². The number of piperidine rings is 1. The number of nitrogens with zero attached hydrogens (tertiary/aromatic N) is 1. The summed E-state index contributed by atoms with van der Waals surface area (Å²) in [6, 6.07) is 4.29. The van der Waals surface area contributed by atoms with Crippen LogP contribution in [0.1, 0.15) is 24.0 Å². The highest BCUT2D eigenvalue weighted by Gasteiger charge is 2.17. The number of aryl methyl sites for hydroxylation is 1. The first-order valence-electron chi connectivity index (χ1n) is 7.18. The number of anilines is 1. The largest absolute Gasteiger partial charge is 0.496 e. The normalized spacial score (nSPS) is 20.3. The smallest absolute Gasteiger partial charge is 0.126 e. The van der Waals surface area contributed by atoms with E-state index in [0.29, 0.717) is 0 Å². The fourth-order valence-corrected chi connectivity index (χ4v) is 3.03. The molecule has 1 fully saturated rings. The van der Waals surface area contributed by atoms with Crippen molar-refractivity contribution >= 4 is 5.69 Å². The highest BCUT2D eigenvalue weighted by Crippen LogP contribution is 2.29. The van der Waals surface area contributed by atoms with Crippen LogP contribution in [0.5, 0.6) is 5.75 Å². The predicted molar refractivity (Wildman–Crippen MR) is 81.2 cm³/mol. The molecule has 0 bridgehead atoms. The van der Waals surface area contributed by atoms with Gasteiger partial charge in [-0.3, -0.25) is 0 Å². The Bertz CT molecular complexity index is 431. The van der Waals surface area contributed by atoms with Crippen molar-refractivity contribution in [3.63, 3.8) is 0 Å². The second-order valence-electron chi connectivity index (χ2n) is 5.74. The second kappa shape index (κ2) is 6.29. The average molecular weight is 262 g/mol. The van der Waals surface area contributed by atoms with Crippen molar-refractivity contribution in [2.24, 2.45) is 5.92 Å². The maximum atomic E-state index is 5.48. The van der Waals surface area contributed by atoms with Crippen molar-refractivity contribution in [1.29, 1.82) is 0 Å². The molecule has 1 aliphatic rings. The summed E-state index contributed by atoms with van der Waals surface area (Å²) < 4.78 is 5.48. The first kappa shape index (κ1) is 14.2. The van der Waals surface area contributed by atoms with Gasteiger partial charge in [-0.1, -0.05) is 6.07 Å². The summed E-state index contributed by atoms with van der Waals surface area (Å²) in [6.45, 7) is 7.72. The van der Waals surface area contributed by atoms with Crippen LogP contribution < -0.4 is 10.1 Å². The number of nitrogens with one attached hydrogen (secondary N) is 1. The van der Waals surface area contributed by atoms with E-state index in [9.17, 15) is 0 Å². The summed E-state index contributed by atoms with van der Waals surface area (Å²) in [5.74, 6) is 1.76. The van der Waals surface area contributed by atoms with E-state index in [2.05, 4.69) is 43.2 Å². The Morgan fingerprint density at radius 3 is 2.84 bits per heavy atom. The van der Waals surface area contributed by atoms with E-state index in [1.54, 1.807) is 7.11 Å². The number of hydrogen-bond acceptors (Lipinski definition) is 3. The third-order valence-corrected chi connectivity index (χ3v) is 4.11. The van der Waals surface area contributed by atoms with Gasteiger partial charge in [0.2, 0.25) is 0 Å². The lowest BCUT2D eigenvalue weighted by Gasteiger charge is -2.30. The van der Waals surface area contributed by atoms with Crippen LogP contribution in [0, 0.1) is 19.8 Å². The lowest BCUT2D eigenvalue weighted by atomic mass is 9.98. The summed E-state index contributed by atoms with van der Waals surface area (Å²) in [7, 11) is 3.96. The molecule has 0 saturated carbocycles.